The van der Waals surface area contributed by atoms with Crippen molar-refractivity contribution >= 4 is 11.8 Å². The molecule has 0 amide bonds. The molecule has 1 fully saturated rings. The molecule has 1 saturated carbocycles. The van der Waals surface area contributed by atoms with Crippen molar-refractivity contribution in [2.45, 2.75) is 45.1 Å². The van der Waals surface area contributed by atoms with E-state index >= 15 is 0 Å². The topological polar surface area (TPSA) is 12.0 Å². The van der Waals surface area contributed by atoms with Crippen molar-refractivity contribution in [1.29, 1.82) is 0 Å². The van der Waals surface area contributed by atoms with Crippen LogP contribution in [0.25, 0.3) is 6.08 Å². The second-order valence-corrected chi connectivity index (χ2v) is 5.15. The van der Waals surface area contributed by atoms with E-state index in [9.17, 15) is 0 Å². The summed E-state index contributed by atoms with van der Waals surface area (Å²) in [7, 11) is 0. The van der Waals surface area contributed by atoms with E-state index in [1.165, 1.54) is 48.9 Å². The van der Waals surface area contributed by atoms with Crippen molar-refractivity contribution in [2.24, 2.45) is 0 Å². The number of hydrogen-bond acceptors (Lipinski definition) is 1. The molecular weight excluding hydrogens is 218 g/mol. The van der Waals surface area contributed by atoms with Crippen LogP contribution in [0.1, 0.15) is 43.2 Å². The van der Waals surface area contributed by atoms with Gasteiger partial charge < -0.3 is 5.32 Å². The van der Waals surface area contributed by atoms with E-state index in [1.54, 1.807) is 0 Å². The van der Waals surface area contributed by atoms with Crippen molar-refractivity contribution in [2.75, 3.05) is 5.32 Å². The van der Waals surface area contributed by atoms with Crippen LogP contribution in [0, 0.1) is 6.92 Å². The van der Waals surface area contributed by atoms with E-state index in [-0.39, 0.29) is 0 Å². The van der Waals surface area contributed by atoms with Gasteiger partial charge in [0.25, 0.3) is 0 Å². The zero-order valence-electron chi connectivity index (χ0n) is 11.3. The Labute approximate surface area is 111 Å². The van der Waals surface area contributed by atoms with E-state index < -0.39 is 0 Å². The summed E-state index contributed by atoms with van der Waals surface area (Å²) in [5.74, 6) is 0. The van der Waals surface area contributed by atoms with Gasteiger partial charge in [0.1, 0.15) is 0 Å². The summed E-state index contributed by atoms with van der Waals surface area (Å²) in [4.78, 5) is 0. The van der Waals surface area contributed by atoms with Gasteiger partial charge in [-0.2, -0.15) is 0 Å². The van der Waals surface area contributed by atoms with E-state index in [4.69, 9.17) is 0 Å². The molecule has 2 rings (SSSR count). The number of aryl methyl sites for hydroxylation is 1. The van der Waals surface area contributed by atoms with E-state index in [2.05, 4.69) is 43.1 Å². The van der Waals surface area contributed by atoms with Crippen LogP contribution < -0.4 is 5.32 Å². The maximum absolute atomic E-state index is 3.72. The molecule has 0 aromatic heterocycles. The summed E-state index contributed by atoms with van der Waals surface area (Å²) in [6.45, 7) is 5.86. The predicted octanol–water partition coefficient (Wildman–Crippen LogP) is 4.94. The van der Waals surface area contributed by atoms with Crippen molar-refractivity contribution in [3.8, 4) is 0 Å². The molecule has 0 aliphatic heterocycles. The molecule has 0 radical (unpaired) electrons. The number of hydrogen-bond donors (Lipinski definition) is 1. The van der Waals surface area contributed by atoms with Crippen LogP contribution in [-0.4, -0.2) is 6.04 Å². The van der Waals surface area contributed by atoms with Gasteiger partial charge in [-0.25, -0.2) is 0 Å². The first-order valence-electron chi connectivity index (χ1n) is 6.96. The molecule has 1 aliphatic rings. The lowest BCUT2D eigenvalue weighted by atomic mass is 9.95. The van der Waals surface area contributed by atoms with E-state index in [1.807, 2.05) is 12.2 Å². The van der Waals surface area contributed by atoms with Crippen LogP contribution in [0.15, 0.2) is 36.9 Å². The van der Waals surface area contributed by atoms with Crippen molar-refractivity contribution in [1.82, 2.24) is 0 Å². The second-order valence-electron chi connectivity index (χ2n) is 5.15. The van der Waals surface area contributed by atoms with Crippen LogP contribution in [0.2, 0.25) is 0 Å². The van der Waals surface area contributed by atoms with Crippen LogP contribution >= 0.6 is 0 Å². The Balaban J connectivity index is 2.08. The van der Waals surface area contributed by atoms with Gasteiger partial charge in [0.05, 0.1) is 0 Å². The monoisotopic (exact) mass is 241 g/mol. The molecule has 1 N–H and O–H groups in total. The molecule has 0 spiro atoms. The molecule has 18 heavy (non-hydrogen) atoms. The molecule has 0 bridgehead atoms. The fourth-order valence-electron chi connectivity index (χ4n) is 2.56. The van der Waals surface area contributed by atoms with Gasteiger partial charge in [-0.1, -0.05) is 50.1 Å². The number of allylic oxidation sites excluding steroid dienone is 2. The van der Waals surface area contributed by atoms with Crippen LogP contribution in [0.3, 0.4) is 0 Å². The highest BCUT2D eigenvalue weighted by molar-refractivity contribution is 5.61. The third-order valence-electron chi connectivity index (χ3n) is 3.67. The number of benzene rings is 1. The lowest BCUT2D eigenvalue weighted by Crippen LogP contribution is -2.22. The molecular formula is C17H23N. The predicted molar refractivity (Wildman–Crippen MR) is 80.9 cm³/mol. The Bertz CT molecular complexity index is 425. The quantitative estimate of drug-likeness (QED) is 0.736. The van der Waals surface area contributed by atoms with Gasteiger partial charge in [0, 0.05) is 11.7 Å². The van der Waals surface area contributed by atoms with Crippen molar-refractivity contribution in [3.63, 3.8) is 0 Å². The minimum atomic E-state index is 0.665. The minimum Gasteiger partial charge on any atom is -0.382 e. The van der Waals surface area contributed by atoms with Crippen molar-refractivity contribution in [3.05, 3.63) is 48.1 Å². The normalized spacial score (nSPS) is 16.9. The number of nitrogens with one attached hydrogen (secondary N) is 1. The minimum absolute atomic E-state index is 0.665. The third-order valence-corrected chi connectivity index (χ3v) is 3.67. The van der Waals surface area contributed by atoms with Gasteiger partial charge in [0.15, 0.2) is 0 Å². The summed E-state index contributed by atoms with van der Waals surface area (Å²) in [6.07, 6.45) is 12.7. The first kappa shape index (κ1) is 12.9. The summed E-state index contributed by atoms with van der Waals surface area (Å²) < 4.78 is 0. The molecule has 1 nitrogen and oxygen atoms in total. The van der Waals surface area contributed by atoms with Gasteiger partial charge in [-0.05, 0) is 43.0 Å². The Morgan fingerprint density at radius 1 is 1.22 bits per heavy atom. The molecule has 1 aliphatic carbocycles. The first-order valence-corrected chi connectivity index (χ1v) is 6.96. The lowest BCUT2D eigenvalue weighted by molar-refractivity contribution is 0.463. The van der Waals surface area contributed by atoms with Crippen LogP contribution in [0.5, 0.6) is 0 Å². The SMILES string of the molecule is C=C/C=C\c1cc(NC2CCCCC2)ccc1C. The largest absolute Gasteiger partial charge is 0.382 e. The summed E-state index contributed by atoms with van der Waals surface area (Å²) >= 11 is 0. The van der Waals surface area contributed by atoms with Gasteiger partial charge in [0.2, 0.25) is 0 Å². The van der Waals surface area contributed by atoms with Gasteiger partial charge >= 0.3 is 0 Å². The highest BCUT2D eigenvalue weighted by atomic mass is 14.9. The average Bonchev–Trinajstić information content (AvgIpc) is 2.40. The fraction of sp³-hybridized carbons (Fsp3) is 0.412. The van der Waals surface area contributed by atoms with Gasteiger partial charge in [-0.3, -0.25) is 0 Å². The zero-order valence-corrected chi connectivity index (χ0v) is 11.3. The zero-order chi connectivity index (χ0) is 12.8. The van der Waals surface area contributed by atoms with Crippen LogP contribution in [0.4, 0.5) is 5.69 Å². The average molecular weight is 241 g/mol. The molecule has 0 unspecified atom stereocenters. The van der Waals surface area contributed by atoms with E-state index in [0.717, 1.165) is 0 Å². The standard InChI is InChI=1S/C17H23N/c1-3-4-8-15-13-17(12-11-14(15)2)18-16-9-6-5-7-10-16/h3-4,8,11-13,16,18H,1,5-7,9-10H2,2H3/b8-4-. The summed E-state index contributed by atoms with van der Waals surface area (Å²) in [6, 6.07) is 7.28. The smallest absolute Gasteiger partial charge is 0.0348 e. The lowest BCUT2D eigenvalue weighted by Gasteiger charge is -2.24. The molecule has 96 valence electrons. The Morgan fingerprint density at radius 3 is 2.72 bits per heavy atom. The molecule has 1 aromatic carbocycles. The highest BCUT2D eigenvalue weighted by Crippen LogP contribution is 2.23. The summed E-state index contributed by atoms with van der Waals surface area (Å²) in [5.41, 5.74) is 3.83. The maximum Gasteiger partial charge on any atom is 0.0348 e. The second kappa shape index (κ2) is 6.44. The van der Waals surface area contributed by atoms with E-state index in [0.29, 0.717) is 6.04 Å². The molecule has 0 atom stereocenters. The maximum atomic E-state index is 3.72. The molecule has 0 heterocycles. The number of anilines is 1. The molecule has 0 saturated heterocycles. The first-order chi connectivity index (χ1) is 8.79. The summed E-state index contributed by atoms with van der Waals surface area (Å²) in [5, 5.41) is 3.67. The Hall–Kier alpha value is -1.50. The van der Waals surface area contributed by atoms with Crippen molar-refractivity contribution < 1.29 is 0 Å². The third kappa shape index (κ3) is 3.49. The Morgan fingerprint density at radius 2 is 2.00 bits per heavy atom. The number of rotatable bonds is 4. The Kier molecular flexibility index (Phi) is 4.63. The molecule has 1 aromatic rings. The van der Waals surface area contributed by atoms with Crippen LogP contribution in [-0.2, 0) is 0 Å². The molecule has 1 heteroatoms. The van der Waals surface area contributed by atoms with Gasteiger partial charge in [-0.15, -0.1) is 0 Å². The highest BCUT2D eigenvalue weighted by Gasteiger charge is 2.12. The fourth-order valence-corrected chi connectivity index (χ4v) is 2.56.